The molecule has 1 rings (SSSR count). The van der Waals surface area contributed by atoms with Crippen molar-refractivity contribution in [3.8, 4) is 0 Å². The monoisotopic (exact) mass is 234 g/mol. The zero-order chi connectivity index (χ0) is 13.0. The fraction of sp³-hybridized carbons (Fsp3) is 0.600. The summed E-state index contributed by atoms with van der Waals surface area (Å²) in [6.07, 6.45) is 2.29. The molecule has 1 aromatic carbocycles. The SMILES string of the molecule is CCC(C)CC(NN)c1c(C)cc(C)cc1C. The van der Waals surface area contributed by atoms with Crippen molar-refractivity contribution in [2.24, 2.45) is 11.8 Å². The standard InChI is InChI=1S/C15H26N2/c1-6-10(2)9-14(17-16)15-12(4)7-11(3)8-13(15)5/h7-8,10,14,17H,6,9,16H2,1-5H3. The Bertz CT molecular complexity index is 348. The maximum Gasteiger partial charge on any atom is 0.0467 e. The maximum atomic E-state index is 5.73. The van der Waals surface area contributed by atoms with E-state index in [1.807, 2.05) is 0 Å². The van der Waals surface area contributed by atoms with E-state index in [9.17, 15) is 0 Å². The van der Waals surface area contributed by atoms with Crippen molar-refractivity contribution < 1.29 is 0 Å². The lowest BCUT2D eigenvalue weighted by molar-refractivity contribution is 0.405. The molecule has 0 aliphatic rings. The summed E-state index contributed by atoms with van der Waals surface area (Å²) in [7, 11) is 0. The number of hydrogen-bond donors (Lipinski definition) is 2. The number of rotatable bonds is 5. The molecule has 0 fully saturated rings. The zero-order valence-electron chi connectivity index (χ0n) is 11.8. The second kappa shape index (κ2) is 6.18. The van der Waals surface area contributed by atoms with E-state index in [-0.39, 0.29) is 6.04 Å². The van der Waals surface area contributed by atoms with Gasteiger partial charge < -0.3 is 0 Å². The molecule has 0 bridgehead atoms. The van der Waals surface area contributed by atoms with Crippen LogP contribution in [0, 0.1) is 26.7 Å². The predicted octanol–water partition coefficient (Wildman–Crippen LogP) is 3.55. The van der Waals surface area contributed by atoms with E-state index in [1.54, 1.807) is 0 Å². The first-order valence-corrected chi connectivity index (χ1v) is 6.53. The van der Waals surface area contributed by atoms with Gasteiger partial charge in [-0.1, -0.05) is 38.0 Å². The van der Waals surface area contributed by atoms with Gasteiger partial charge in [0.05, 0.1) is 0 Å². The minimum absolute atomic E-state index is 0.269. The molecule has 1 aromatic rings. The number of hydrogen-bond acceptors (Lipinski definition) is 2. The van der Waals surface area contributed by atoms with E-state index in [4.69, 9.17) is 5.84 Å². The molecule has 2 heteroatoms. The van der Waals surface area contributed by atoms with Gasteiger partial charge in [0.2, 0.25) is 0 Å². The molecule has 96 valence electrons. The van der Waals surface area contributed by atoms with Crippen LogP contribution in [0.4, 0.5) is 0 Å². The Morgan fingerprint density at radius 1 is 1.18 bits per heavy atom. The van der Waals surface area contributed by atoms with Crippen molar-refractivity contribution in [1.82, 2.24) is 5.43 Å². The molecule has 0 saturated carbocycles. The zero-order valence-corrected chi connectivity index (χ0v) is 11.8. The summed E-state index contributed by atoms with van der Waals surface area (Å²) in [4.78, 5) is 0. The molecule has 0 aromatic heterocycles. The highest BCUT2D eigenvalue weighted by atomic mass is 15.2. The van der Waals surface area contributed by atoms with Crippen LogP contribution >= 0.6 is 0 Å². The fourth-order valence-corrected chi connectivity index (χ4v) is 2.58. The number of nitrogens with one attached hydrogen (secondary N) is 1. The van der Waals surface area contributed by atoms with Crippen LogP contribution in [0.15, 0.2) is 12.1 Å². The summed E-state index contributed by atoms with van der Waals surface area (Å²) in [5.41, 5.74) is 8.36. The summed E-state index contributed by atoms with van der Waals surface area (Å²) in [5, 5.41) is 0. The third-order valence-electron chi connectivity index (χ3n) is 3.62. The molecule has 0 amide bonds. The van der Waals surface area contributed by atoms with Crippen LogP contribution in [0.5, 0.6) is 0 Å². The van der Waals surface area contributed by atoms with Crippen molar-refractivity contribution >= 4 is 0 Å². The van der Waals surface area contributed by atoms with E-state index >= 15 is 0 Å². The predicted molar refractivity (Wildman–Crippen MR) is 74.8 cm³/mol. The lowest BCUT2D eigenvalue weighted by Gasteiger charge is -2.24. The third kappa shape index (κ3) is 3.55. The number of nitrogens with two attached hydrogens (primary N) is 1. The van der Waals surface area contributed by atoms with Gasteiger partial charge in [-0.25, -0.2) is 0 Å². The van der Waals surface area contributed by atoms with Gasteiger partial charge in [-0.15, -0.1) is 0 Å². The maximum absolute atomic E-state index is 5.73. The largest absolute Gasteiger partial charge is 0.271 e. The number of benzene rings is 1. The molecule has 0 spiro atoms. The molecular formula is C15H26N2. The highest BCUT2D eigenvalue weighted by Crippen LogP contribution is 2.28. The Hall–Kier alpha value is -0.860. The number of aryl methyl sites for hydroxylation is 3. The van der Waals surface area contributed by atoms with E-state index in [0.29, 0.717) is 5.92 Å². The summed E-state index contributed by atoms with van der Waals surface area (Å²) in [6, 6.07) is 4.75. The first-order valence-electron chi connectivity index (χ1n) is 6.53. The van der Waals surface area contributed by atoms with Gasteiger partial charge in [-0.05, 0) is 49.8 Å². The Balaban J connectivity index is 3.03. The topological polar surface area (TPSA) is 38.0 Å². The molecule has 17 heavy (non-hydrogen) atoms. The highest BCUT2D eigenvalue weighted by molar-refractivity contribution is 5.39. The van der Waals surface area contributed by atoms with Gasteiger partial charge in [-0.3, -0.25) is 11.3 Å². The minimum Gasteiger partial charge on any atom is -0.271 e. The molecular weight excluding hydrogens is 208 g/mol. The van der Waals surface area contributed by atoms with Gasteiger partial charge >= 0.3 is 0 Å². The smallest absolute Gasteiger partial charge is 0.0467 e. The summed E-state index contributed by atoms with van der Waals surface area (Å²) >= 11 is 0. The van der Waals surface area contributed by atoms with Gasteiger partial charge in [0, 0.05) is 6.04 Å². The van der Waals surface area contributed by atoms with Crippen LogP contribution in [-0.4, -0.2) is 0 Å². The molecule has 3 N–H and O–H groups in total. The van der Waals surface area contributed by atoms with Gasteiger partial charge in [-0.2, -0.15) is 0 Å². The molecule has 0 heterocycles. The van der Waals surface area contributed by atoms with E-state index in [1.165, 1.54) is 28.7 Å². The van der Waals surface area contributed by atoms with Crippen molar-refractivity contribution in [3.63, 3.8) is 0 Å². The van der Waals surface area contributed by atoms with Crippen LogP contribution < -0.4 is 11.3 Å². The van der Waals surface area contributed by atoms with Gasteiger partial charge in [0.25, 0.3) is 0 Å². The van der Waals surface area contributed by atoms with Gasteiger partial charge in [0.1, 0.15) is 0 Å². The van der Waals surface area contributed by atoms with Crippen LogP contribution in [0.2, 0.25) is 0 Å². The Kier molecular flexibility index (Phi) is 5.16. The third-order valence-corrected chi connectivity index (χ3v) is 3.62. The van der Waals surface area contributed by atoms with E-state index < -0.39 is 0 Å². The van der Waals surface area contributed by atoms with E-state index in [0.717, 1.165) is 6.42 Å². The second-order valence-corrected chi connectivity index (χ2v) is 5.28. The van der Waals surface area contributed by atoms with Crippen molar-refractivity contribution in [3.05, 3.63) is 34.4 Å². The van der Waals surface area contributed by atoms with Crippen molar-refractivity contribution in [1.29, 1.82) is 0 Å². The average molecular weight is 234 g/mol. The van der Waals surface area contributed by atoms with Crippen molar-refractivity contribution in [2.45, 2.75) is 53.5 Å². The van der Waals surface area contributed by atoms with Crippen LogP contribution in [0.3, 0.4) is 0 Å². The minimum atomic E-state index is 0.269. The normalized spacial score (nSPS) is 14.7. The molecule has 2 atom stereocenters. The Labute approximate surface area is 106 Å². The summed E-state index contributed by atoms with van der Waals surface area (Å²) in [6.45, 7) is 11.0. The number of hydrazine groups is 1. The molecule has 0 aliphatic heterocycles. The fourth-order valence-electron chi connectivity index (χ4n) is 2.58. The first kappa shape index (κ1) is 14.2. The molecule has 2 nitrogen and oxygen atoms in total. The Morgan fingerprint density at radius 3 is 2.12 bits per heavy atom. The first-order chi connectivity index (χ1) is 7.99. The molecule has 0 aliphatic carbocycles. The van der Waals surface area contributed by atoms with Crippen molar-refractivity contribution in [2.75, 3.05) is 0 Å². The molecule has 2 unspecified atom stereocenters. The Morgan fingerprint density at radius 2 is 1.71 bits per heavy atom. The highest BCUT2D eigenvalue weighted by Gasteiger charge is 2.17. The summed E-state index contributed by atoms with van der Waals surface area (Å²) in [5.74, 6) is 6.42. The van der Waals surface area contributed by atoms with Gasteiger partial charge in [0.15, 0.2) is 0 Å². The van der Waals surface area contributed by atoms with E-state index in [2.05, 4.69) is 52.2 Å². The van der Waals surface area contributed by atoms with Crippen LogP contribution in [0.25, 0.3) is 0 Å². The summed E-state index contributed by atoms with van der Waals surface area (Å²) < 4.78 is 0. The van der Waals surface area contributed by atoms with Crippen LogP contribution in [-0.2, 0) is 0 Å². The second-order valence-electron chi connectivity index (χ2n) is 5.28. The van der Waals surface area contributed by atoms with Crippen LogP contribution in [0.1, 0.15) is 55.0 Å². The lowest BCUT2D eigenvalue weighted by atomic mass is 9.88. The molecule has 0 saturated heterocycles. The lowest BCUT2D eigenvalue weighted by Crippen LogP contribution is -2.30. The molecule has 0 radical (unpaired) electrons. The quantitative estimate of drug-likeness (QED) is 0.604. The average Bonchev–Trinajstić information content (AvgIpc) is 2.25.